The van der Waals surface area contributed by atoms with Gasteiger partial charge >= 0.3 is 0 Å². The van der Waals surface area contributed by atoms with Crippen molar-refractivity contribution in [3.63, 3.8) is 0 Å². The number of nitrogens with one attached hydrogen (secondary N) is 1. The molecular formula is C26H28F2N6OS. The third-order valence-electron chi connectivity index (χ3n) is 6.43. The van der Waals surface area contributed by atoms with Gasteiger partial charge < -0.3 is 10.1 Å². The Balaban J connectivity index is 1.22. The van der Waals surface area contributed by atoms with Gasteiger partial charge in [-0.05, 0) is 48.4 Å². The molecule has 1 aliphatic heterocycles. The fourth-order valence-corrected chi connectivity index (χ4v) is 5.59. The maximum absolute atomic E-state index is 13.6. The van der Waals surface area contributed by atoms with Crippen molar-refractivity contribution in [1.29, 1.82) is 0 Å². The molecule has 0 amide bonds. The lowest BCUT2D eigenvalue weighted by molar-refractivity contribution is 0.130. The Bertz CT molecular complexity index is 1220. The number of hydrogen-bond donors (Lipinski definition) is 2. The van der Waals surface area contributed by atoms with E-state index in [-0.39, 0.29) is 17.7 Å². The van der Waals surface area contributed by atoms with E-state index in [0.717, 1.165) is 54.3 Å². The summed E-state index contributed by atoms with van der Waals surface area (Å²) in [4.78, 5) is 20.3. The lowest BCUT2D eigenvalue weighted by Crippen LogP contribution is -2.37. The first-order valence-corrected chi connectivity index (χ1v) is 13.0. The van der Waals surface area contributed by atoms with E-state index in [0.29, 0.717) is 17.9 Å². The molecule has 5 rings (SSSR count). The van der Waals surface area contributed by atoms with Crippen LogP contribution in [0, 0.1) is 11.6 Å². The molecule has 10 heteroatoms. The Morgan fingerprint density at radius 1 is 0.889 bits per heavy atom. The van der Waals surface area contributed by atoms with Gasteiger partial charge in [-0.25, -0.2) is 23.7 Å². The number of β-amino-alcohol motifs (C(OH)–C–C–N with tert-alkyl or cyclic N) is 1. The van der Waals surface area contributed by atoms with Crippen molar-refractivity contribution in [2.75, 3.05) is 38.5 Å². The fraction of sp³-hybridized carbons (Fsp3) is 0.346. The molecule has 0 saturated carbocycles. The van der Waals surface area contributed by atoms with Gasteiger partial charge in [0.2, 0.25) is 0 Å². The van der Waals surface area contributed by atoms with E-state index in [2.05, 4.69) is 29.7 Å². The summed E-state index contributed by atoms with van der Waals surface area (Å²) in [6, 6.07) is 13.0. The third kappa shape index (κ3) is 5.89. The van der Waals surface area contributed by atoms with E-state index in [1.165, 1.54) is 42.4 Å². The maximum Gasteiger partial charge on any atom is 0.181 e. The van der Waals surface area contributed by atoms with Crippen LogP contribution in [-0.4, -0.2) is 79.4 Å². The number of halogens is 2. The van der Waals surface area contributed by atoms with Crippen LogP contribution in [0.2, 0.25) is 0 Å². The molecule has 0 aliphatic carbocycles. The lowest BCUT2D eigenvalue weighted by Gasteiger charge is -2.32. The third-order valence-corrected chi connectivity index (χ3v) is 7.56. The summed E-state index contributed by atoms with van der Waals surface area (Å²) in [5.41, 5.74) is 3.35. The van der Waals surface area contributed by atoms with Crippen molar-refractivity contribution < 1.29 is 13.9 Å². The van der Waals surface area contributed by atoms with E-state index in [9.17, 15) is 13.9 Å². The maximum atomic E-state index is 13.6. The lowest BCUT2D eigenvalue weighted by atomic mass is 9.96. The number of hydrogen-bond acceptors (Lipinski definition) is 7. The van der Waals surface area contributed by atoms with Crippen molar-refractivity contribution >= 4 is 22.9 Å². The number of benzene rings is 2. The quantitative estimate of drug-likeness (QED) is 0.275. The SMILES string of the molecule is OC(CSc1ncnc2nc[nH]c12)CN1CCCN(C(c2ccc(F)cc2)c2ccc(F)cc2)CC1. The molecule has 188 valence electrons. The Labute approximate surface area is 212 Å². The van der Waals surface area contributed by atoms with Gasteiger partial charge in [-0.1, -0.05) is 24.3 Å². The largest absolute Gasteiger partial charge is 0.391 e. The zero-order chi connectivity index (χ0) is 24.9. The Morgan fingerprint density at radius 2 is 1.58 bits per heavy atom. The number of nitrogens with zero attached hydrogens (tertiary/aromatic N) is 5. The molecule has 7 nitrogen and oxygen atoms in total. The van der Waals surface area contributed by atoms with E-state index < -0.39 is 6.10 Å². The average molecular weight is 511 g/mol. The number of thioether (sulfide) groups is 1. The molecule has 0 radical (unpaired) electrons. The van der Waals surface area contributed by atoms with Gasteiger partial charge in [-0.2, -0.15) is 0 Å². The van der Waals surface area contributed by atoms with Crippen LogP contribution in [-0.2, 0) is 0 Å². The van der Waals surface area contributed by atoms with Gasteiger partial charge in [-0.3, -0.25) is 9.80 Å². The number of fused-ring (bicyclic) bond motifs is 1. The summed E-state index contributed by atoms with van der Waals surface area (Å²) in [7, 11) is 0. The number of aliphatic hydroxyl groups excluding tert-OH is 1. The van der Waals surface area contributed by atoms with Crippen molar-refractivity contribution in [3.8, 4) is 0 Å². The molecule has 0 bridgehead atoms. The van der Waals surface area contributed by atoms with Gasteiger partial charge in [0, 0.05) is 31.9 Å². The van der Waals surface area contributed by atoms with Crippen molar-refractivity contribution in [3.05, 3.63) is 83.9 Å². The number of H-pyrrole nitrogens is 1. The normalized spacial score (nSPS) is 16.4. The first-order valence-electron chi connectivity index (χ1n) is 12.0. The molecule has 1 saturated heterocycles. The topological polar surface area (TPSA) is 81.2 Å². The van der Waals surface area contributed by atoms with E-state index in [1.54, 1.807) is 30.6 Å². The Hall–Kier alpha value is -2.92. The second kappa shape index (κ2) is 11.4. The summed E-state index contributed by atoms with van der Waals surface area (Å²) in [5, 5.41) is 11.5. The molecule has 1 aliphatic rings. The van der Waals surface area contributed by atoms with Crippen LogP contribution >= 0.6 is 11.8 Å². The first-order chi connectivity index (χ1) is 17.6. The average Bonchev–Trinajstić information content (AvgIpc) is 3.26. The summed E-state index contributed by atoms with van der Waals surface area (Å²) in [6.45, 7) is 3.85. The molecule has 3 heterocycles. The van der Waals surface area contributed by atoms with Crippen LogP contribution in [0.3, 0.4) is 0 Å². The highest BCUT2D eigenvalue weighted by Gasteiger charge is 2.26. The summed E-state index contributed by atoms with van der Waals surface area (Å²) in [5.74, 6) is -0.0412. The molecular weight excluding hydrogens is 482 g/mol. The highest BCUT2D eigenvalue weighted by Crippen LogP contribution is 2.30. The van der Waals surface area contributed by atoms with Gasteiger partial charge in [0.1, 0.15) is 28.5 Å². The monoisotopic (exact) mass is 510 g/mol. The van der Waals surface area contributed by atoms with Gasteiger partial charge in [0.05, 0.1) is 18.5 Å². The first kappa shape index (κ1) is 24.8. The molecule has 2 aromatic carbocycles. The molecule has 36 heavy (non-hydrogen) atoms. The van der Waals surface area contributed by atoms with E-state index in [4.69, 9.17) is 0 Å². The molecule has 0 spiro atoms. The number of aromatic amines is 1. The van der Waals surface area contributed by atoms with Crippen molar-refractivity contribution in [2.45, 2.75) is 23.6 Å². The molecule has 2 aromatic heterocycles. The van der Waals surface area contributed by atoms with Crippen LogP contribution in [0.1, 0.15) is 23.6 Å². The predicted octanol–water partition coefficient (Wildman–Crippen LogP) is 3.88. The van der Waals surface area contributed by atoms with E-state index >= 15 is 0 Å². The van der Waals surface area contributed by atoms with E-state index in [1.807, 2.05) is 0 Å². The minimum Gasteiger partial charge on any atom is -0.391 e. The van der Waals surface area contributed by atoms with Crippen LogP contribution in [0.4, 0.5) is 8.78 Å². The summed E-state index contributed by atoms with van der Waals surface area (Å²) in [6.07, 6.45) is 3.49. The zero-order valence-electron chi connectivity index (χ0n) is 19.7. The van der Waals surface area contributed by atoms with Crippen LogP contribution in [0.25, 0.3) is 11.2 Å². The number of aliphatic hydroxyl groups is 1. The van der Waals surface area contributed by atoms with Gasteiger partial charge in [0.25, 0.3) is 0 Å². The molecule has 1 atom stereocenters. The minimum absolute atomic E-state index is 0.0961. The van der Waals surface area contributed by atoms with Crippen molar-refractivity contribution in [2.24, 2.45) is 0 Å². The Kier molecular flexibility index (Phi) is 7.86. The second-order valence-corrected chi connectivity index (χ2v) is 9.95. The molecule has 1 unspecified atom stereocenters. The molecule has 4 aromatic rings. The highest BCUT2D eigenvalue weighted by molar-refractivity contribution is 7.99. The number of imidazole rings is 1. The van der Waals surface area contributed by atoms with Gasteiger partial charge in [0.15, 0.2) is 5.65 Å². The smallest absolute Gasteiger partial charge is 0.181 e. The highest BCUT2D eigenvalue weighted by atomic mass is 32.2. The summed E-state index contributed by atoms with van der Waals surface area (Å²) < 4.78 is 27.2. The Morgan fingerprint density at radius 3 is 2.28 bits per heavy atom. The standard InChI is InChI=1S/C26H28F2N6OS/c27-20-6-2-18(3-7-20)24(19-4-8-21(28)9-5-19)34-11-1-10-33(12-13-34)14-22(35)15-36-26-23-25(30-16-29-23)31-17-32-26/h2-9,16-17,22,24,35H,1,10-15H2,(H,29,30,31,32). The number of rotatable bonds is 8. The fourth-order valence-electron chi connectivity index (χ4n) is 4.71. The molecule has 2 N–H and O–H groups in total. The minimum atomic E-state index is -0.514. The van der Waals surface area contributed by atoms with Crippen LogP contribution in [0.15, 0.2) is 66.2 Å². The zero-order valence-corrected chi connectivity index (χ0v) is 20.5. The second-order valence-electron chi connectivity index (χ2n) is 8.94. The van der Waals surface area contributed by atoms with Crippen LogP contribution < -0.4 is 0 Å². The predicted molar refractivity (Wildman–Crippen MR) is 136 cm³/mol. The number of aromatic nitrogens is 4. The van der Waals surface area contributed by atoms with Gasteiger partial charge in [-0.15, -0.1) is 11.8 Å². The summed E-state index contributed by atoms with van der Waals surface area (Å²) >= 11 is 1.49. The van der Waals surface area contributed by atoms with Crippen molar-refractivity contribution in [1.82, 2.24) is 29.7 Å². The molecule has 1 fully saturated rings. The van der Waals surface area contributed by atoms with Crippen LogP contribution in [0.5, 0.6) is 0 Å².